The summed E-state index contributed by atoms with van der Waals surface area (Å²) in [6, 6.07) is 3.74. The molecular formula is C7H7BrOS. The fourth-order valence-corrected chi connectivity index (χ4v) is 2.03. The summed E-state index contributed by atoms with van der Waals surface area (Å²) in [5.74, 6) is 0.218. The molecule has 0 aromatic carbocycles. The number of rotatable bonds is 2. The van der Waals surface area contributed by atoms with Gasteiger partial charge in [0.15, 0.2) is 5.78 Å². The monoisotopic (exact) mass is 218 g/mol. The normalized spacial score (nSPS) is 9.80. The highest BCUT2D eigenvalue weighted by atomic mass is 79.9. The molecule has 0 saturated heterocycles. The highest BCUT2D eigenvalue weighted by Gasteiger charge is 2.04. The largest absolute Gasteiger partial charge is 0.293 e. The maximum Gasteiger partial charge on any atom is 0.172 e. The Morgan fingerprint density at radius 3 is 2.80 bits per heavy atom. The Labute approximate surface area is 72.2 Å². The van der Waals surface area contributed by atoms with E-state index < -0.39 is 0 Å². The smallest absolute Gasteiger partial charge is 0.172 e. The Kier molecular flexibility index (Phi) is 2.63. The predicted molar refractivity (Wildman–Crippen MR) is 46.6 cm³/mol. The fraction of sp³-hybridized carbons (Fsp3) is 0.286. The molecule has 0 aliphatic rings. The van der Waals surface area contributed by atoms with Crippen LogP contribution in [0.3, 0.4) is 0 Å². The van der Waals surface area contributed by atoms with E-state index in [0.717, 1.165) is 8.66 Å². The Bertz CT molecular complexity index is 242. The molecule has 3 heteroatoms. The lowest BCUT2D eigenvalue weighted by Gasteiger charge is -1.86. The zero-order valence-corrected chi connectivity index (χ0v) is 7.96. The highest BCUT2D eigenvalue weighted by Crippen LogP contribution is 2.22. The van der Waals surface area contributed by atoms with E-state index in [0.29, 0.717) is 6.42 Å². The highest BCUT2D eigenvalue weighted by molar-refractivity contribution is 9.11. The Hall–Kier alpha value is -0.150. The summed E-state index contributed by atoms with van der Waals surface area (Å²) in [6.45, 7) is 1.87. The number of carbonyl (C=O) groups is 1. The average Bonchev–Trinajstić information content (AvgIpc) is 2.34. The van der Waals surface area contributed by atoms with Gasteiger partial charge in [0, 0.05) is 6.42 Å². The molecule has 10 heavy (non-hydrogen) atoms. The maximum atomic E-state index is 11.0. The Morgan fingerprint density at radius 1 is 1.70 bits per heavy atom. The van der Waals surface area contributed by atoms with Gasteiger partial charge >= 0.3 is 0 Å². The lowest BCUT2D eigenvalue weighted by molar-refractivity contribution is 0.0992. The van der Waals surface area contributed by atoms with E-state index in [1.165, 1.54) is 11.3 Å². The number of carbonyl (C=O) groups excluding carboxylic acids is 1. The molecule has 0 radical (unpaired) electrons. The molecule has 0 N–H and O–H groups in total. The van der Waals surface area contributed by atoms with Crippen LogP contribution in [0.5, 0.6) is 0 Å². The van der Waals surface area contributed by atoms with Crippen molar-refractivity contribution in [1.82, 2.24) is 0 Å². The van der Waals surface area contributed by atoms with Gasteiger partial charge in [-0.05, 0) is 28.1 Å². The summed E-state index contributed by atoms with van der Waals surface area (Å²) in [6.07, 6.45) is 0.590. The van der Waals surface area contributed by atoms with Crippen molar-refractivity contribution in [2.75, 3.05) is 0 Å². The lowest BCUT2D eigenvalue weighted by atomic mass is 10.3. The van der Waals surface area contributed by atoms with E-state index in [4.69, 9.17) is 0 Å². The van der Waals surface area contributed by atoms with Gasteiger partial charge in [-0.15, -0.1) is 11.3 Å². The molecule has 1 heterocycles. The SMILES string of the molecule is CCC(=O)c1ccc(Br)s1. The minimum Gasteiger partial charge on any atom is -0.293 e. The standard InChI is InChI=1S/C7H7BrOS/c1-2-5(9)6-3-4-7(8)10-6/h3-4H,2H2,1H3. The van der Waals surface area contributed by atoms with Crippen molar-refractivity contribution in [3.8, 4) is 0 Å². The molecule has 0 unspecified atom stereocenters. The summed E-state index contributed by atoms with van der Waals surface area (Å²) < 4.78 is 1.02. The van der Waals surface area contributed by atoms with E-state index in [9.17, 15) is 4.79 Å². The Balaban J connectivity index is 2.85. The molecule has 0 amide bonds. The third kappa shape index (κ3) is 1.67. The first-order chi connectivity index (χ1) is 4.74. The third-order valence-corrected chi connectivity index (χ3v) is 2.83. The van der Waals surface area contributed by atoms with Gasteiger partial charge in [0.1, 0.15) is 0 Å². The first-order valence-electron chi connectivity index (χ1n) is 3.02. The molecule has 1 nitrogen and oxygen atoms in total. The molecule has 54 valence electrons. The molecule has 0 atom stereocenters. The van der Waals surface area contributed by atoms with Crippen LogP contribution in [0.4, 0.5) is 0 Å². The van der Waals surface area contributed by atoms with E-state index in [1.807, 2.05) is 19.1 Å². The number of hydrogen-bond acceptors (Lipinski definition) is 2. The number of Topliss-reactive ketones (excluding diaryl/α,β-unsaturated/α-hetero) is 1. The van der Waals surface area contributed by atoms with Gasteiger partial charge in [-0.1, -0.05) is 6.92 Å². The van der Waals surface area contributed by atoms with Crippen LogP contribution < -0.4 is 0 Å². The molecule has 0 spiro atoms. The molecule has 0 aliphatic heterocycles. The second kappa shape index (κ2) is 3.30. The molecular weight excluding hydrogens is 212 g/mol. The minimum absolute atomic E-state index is 0.218. The third-order valence-electron chi connectivity index (χ3n) is 1.17. The second-order valence-corrected chi connectivity index (χ2v) is 4.34. The van der Waals surface area contributed by atoms with Crippen molar-refractivity contribution >= 4 is 33.0 Å². The zero-order valence-electron chi connectivity index (χ0n) is 5.56. The van der Waals surface area contributed by atoms with Gasteiger partial charge in [-0.25, -0.2) is 0 Å². The molecule has 0 aliphatic carbocycles. The number of hydrogen-bond donors (Lipinski definition) is 0. The Morgan fingerprint density at radius 2 is 2.40 bits per heavy atom. The van der Waals surface area contributed by atoms with Gasteiger partial charge < -0.3 is 0 Å². The van der Waals surface area contributed by atoms with E-state index >= 15 is 0 Å². The average molecular weight is 219 g/mol. The molecule has 0 bridgehead atoms. The van der Waals surface area contributed by atoms with Crippen molar-refractivity contribution < 1.29 is 4.79 Å². The minimum atomic E-state index is 0.218. The summed E-state index contributed by atoms with van der Waals surface area (Å²) in [4.78, 5) is 11.9. The van der Waals surface area contributed by atoms with Crippen LogP contribution in [0.1, 0.15) is 23.0 Å². The lowest BCUT2D eigenvalue weighted by Crippen LogP contribution is -1.90. The van der Waals surface area contributed by atoms with Crippen LogP contribution in [0, 0.1) is 0 Å². The summed E-state index contributed by atoms with van der Waals surface area (Å²) in [5.41, 5.74) is 0. The van der Waals surface area contributed by atoms with Crippen LogP contribution in [0.25, 0.3) is 0 Å². The van der Waals surface area contributed by atoms with Gasteiger partial charge in [-0.3, -0.25) is 4.79 Å². The molecule has 0 saturated carbocycles. The van der Waals surface area contributed by atoms with Crippen LogP contribution in [-0.4, -0.2) is 5.78 Å². The first-order valence-corrected chi connectivity index (χ1v) is 4.63. The summed E-state index contributed by atoms with van der Waals surface area (Å²) >= 11 is 4.78. The van der Waals surface area contributed by atoms with Crippen molar-refractivity contribution in [2.45, 2.75) is 13.3 Å². The van der Waals surface area contributed by atoms with Gasteiger partial charge in [0.05, 0.1) is 8.66 Å². The van der Waals surface area contributed by atoms with E-state index in [2.05, 4.69) is 15.9 Å². The quantitative estimate of drug-likeness (QED) is 0.698. The van der Waals surface area contributed by atoms with Gasteiger partial charge in [-0.2, -0.15) is 0 Å². The number of thiophene rings is 1. The maximum absolute atomic E-state index is 11.0. The fourth-order valence-electron chi connectivity index (χ4n) is 0.638. The van der Waals surface area contributed by atoms with Crippen LogP contribution in [0.2, 0.25) is 0 Å². The first kappa shape index (κ1) is 7.95. The van der Waals surface area contributed by atoms with Crippen molar-refractivity contribution in [1.29, 1.82) is 0 Å². The van der Waals surface area contributed by atoms with Crippen molar-refractivity contribution in [3.05, 3.63) is 20.8 Å². The number of halogens is 1. The topological polar surface area (TPSA) is 17.1 Å². The van der Waals surface area contributed by atoms with Crippen LogP contribution in [0.15, 0.2) is 15.9 Å². The summed E-state index contributed by atoms with van der Waals surface area (Å²) in [7, 11) is 0. The summed E-state index contributed by atoms with van der Waals surface area (Å²) in [5, 5.41) is 0. The molecule has 1 aromatic rings. The van der Waals surface area contributed by atoms with Crippen molar-refractivity contribution in [2.24, 2.45) is 0 Å². The van der Waals surface area contributed by atoms with Crippen LogP contribution >= 0.6 is 27.3 Å². The second-order valence-electron chi connectivity index (χ2n) is 1.88. The number of ketones is 1. The van der Waals surface area contributed by atoms with E-state index in [1.54, 1.807) is 0 Å². The van der Waals surface area contributed by atoms with Crippen molar-refractivity contribution in [3.63, 3.8) is 0 Å². The predicted octanol–water partition coefficient (Wildman–Crippen LogP) is 3.10. The van der Waals surface area contributed by atoms with E-state index in [-0.39, 0.29) is 5.78 Å². The van der Waals surface area contributed by atoms with Gasteiger partial charge in [0.25, 0.3) is 0 Å². The zero-order chi connectivity index (χ0) is 7.56. The molecule has 1 rings (SSSR count). The van der Waals surface area contributed by atoms with Gasteiger partial charge in [0.2, 0.25) is 0 Å². The van der Waals surface area contributed by atoms with Crippen LogP contribution in [-0.2, 0) is 0 Å². The molecule has 1 aromatic heterocycles. The molecule has 0 fully saturated rings.